The minimum absolute atomic E-state index is 0.135. The van der Waals surface area contributed by atoms with E-state index in [0.29, 0.717) is 34.0 Å². The van der Waals surface area contributed by atoms with Gasteiger partial charge in [0.05, 0.1) is 31.4 Å². The molecule has 0 aliphatic carbocycles. The lowest BCUT2D eigenvalue weighted by Crippen LogP contribution is -2.32. The number of methoxy groups -OCH3 is 2. The van der Waals surface area contributed by atoms with Crippen LogP contribution in [0.15, 0.2) is 47.5 Å². The SMILES string of the molecule is COc1cc2ncn(CC(=O)NCc3ccc(Cl)cc3)c(=O)c2cc1OC. The van der Waals surface area contributed by atoms with Crippen LogP contribution >= 0.6 is 11.6 Å². The van der Waals surface area contributed by atoms with Crippen molar-refractivity contribution < 1.29 is 14.3 Å². The molecule has 140 valence electrons. The summed E-state index contributed by atoms with van der Waals surface area (Å²) in [5.41, 5.74) is 1.05. The Kier molecular flexibility index (Phi) is 5.61. The van der Waals surface area contributed by atoms with E-state index in [1.807, 2.05) is 12.1 Å². The number of carbonyl (C=O) groups is 1. The lowest BCUT2D eigenvalue weighted by Gasteiger charge is -2.11. The molecule has 0 aliphatic heterocycles. The van der Waals surface area contributed by atoms with Crippen molar-refractivity contribution in [3.05, 3.63) is 63.7 Å². The first-order valence-electron chi connectivity index (χ1n) is 8.14. The summed E-state index contributed by atoms with van der Waals surface area (Å²) in [4.78, 5) is 29.1. The highest BCUT2D eigenvalue weighted by Gasteiger charge is 2.12. The van der Waals surface area contributed by atoms with E-state index in [1.54, 1.807) is 24.3 Å². The van der Waals surface area contributed by atoms with Crippen molar-refractivity contribution in [3.8, 4) is 11.5 Å². The Morgan fingerprint density at radius 3 is 2.48 bits per heavy atom. The Bertz CT molecular complexity index is 1030. The predicted octanol–water partition coefficient (Wildman–Crippen LogP) is 2.38. The van der Waals surface area contributed by atoms with Crippen LogP contribution in [0.4, 0.5) is 0 Å². The summed E-state index contributed by atoms with van der Waals surface area (Å²) >= 11 is 5.84. The van der Waals surface area contributed by atoms with Crippen molar-refractivity contribution in [3.63, 3.8) is 0 Å². The summed E-state index contributed by atoms with van der Waals surface area (Å²) in [6, 6.07) is 10.3. The van der Waals surface area contributed by atoms with Gasteiger partial charge in [-0.1, -0.05) is 23.7 Å². The van der Waals surface area contributed by atoms with Crippen LogP contribution in [0.5, 0.6) is 11.5 Å². The fourth-order valence-electron chi connectivity index (χ4n) is 2.61. The molecule has 0 bridgehead atoms. The van der Waals surface area contributed by atoms with Gasteiger partial charge in [-0.3, -0.25) is 14.2 Å². The number of fused-ring (bicyclic) bond motifs is 1. The standard InChI is InChI=1S/C19H18ClN3O4/c1-26-16-7-14-15(8-17(16)27-2)22-11-23(19(14)25)10-18(24)21-9-12-3-5-13(20)6-4-12/h3-8,11H,9-10H2,1-2H3,(H,21,24). The number of nitrogens with one attached hydrogen (secondary N) is 1. The van der Waals surface area contributed by atoms with Crippen molar-refractivity contribution in [1.29, 1.82) is 0 Å². The molecule has 3 aromatic rings. The maximum Gasteiger partial charge on any atom is 0.261 e. The Hall–Kier alpha value is -3.06. The number of hydrogen-bond donors (Lipinski definition) is 1. The number of amides is 1. The minimum Gasteiger partial charge on any atom is -0.493 e. The molecule has 1 aromatic heterocycles. The Morgan fingerprint density at radius 2 is 1.81 bits per heavy atom. The van der Waals surface area contributed by atoms with Crippen LogP contribution in [-0.2, 0) is 17.9 Å². The van der Waals surface area contributed by atoms with Crippen molar-refractivity contribution >= 4 is 28.4 Å². The number of ether oxygens (including phenoxy) is 2. The first-order valence-corrected chi connectivity index (χ1v) is 8.52. The third-order valence-corrected chi connectivity index (χ3v) is 4.30. The fraction of sp³-hybridized carbons (Fsp3) is 0.211. The molecule has 0 radical (unpaired) electrons. The molecule has 3 rings (SSSR count). The van der Waals surface area contributed by atoms with Crippen LogP contribution < -0.4 is 20.3 Å². The molecule has 1 N–H and O–H groups in total. The second-order valence-corrected chi connectivity index (χ2v) is 6.24. The maximum absolute atomic E-state index is 12.7. The van der Waals surface area contributed by atoms with Crippen molar-refractivity contribution in [2.45, 2.75) is 13.1 Å². The van der Waals surface area contributed by atoms with E-state index in [9.17, 15) is 9.59 Å². The lowest BCUT2D eigenvalue weighted by atomic mass is 10.2. The molecule has 1 amide bonds. The second-order valence-electron chi connectivity index (χ2n) is 5.81. The summed E-state index contributed by atoms with van der Waals surface area (Å²) in [5.74, 6) is 0.609. The largest absolute Gasteiger partial charge is 0.493 e. The molecular formula is C19H18ClN3O4. The number of benzene rings is 2. The molecule has 8 heteroatoms. The summed E-state index contributed by atoms with van der Waals surface area (Å²) in [6.45, 7) is 0.209. The molecule has 0 atom stereocenters. The molecule has 2 aromatic carbocycles. The third kappa shape index (κ3) is 4.20. The average molecular weight is 388 g/mol. The number of rotatable bonds is 6. The van der Waals surface area contributed by atoms with Gasteiger partial charge in [0.25, 0.3) is 5.56 Å². The van der Waals surface area contributed by atoms with Gasteiger partial charge in [-0.15, -0.1) is 0 Å². The average Bonchev–Trinajstić information content (AvgIpc) is 2.69. The van der Waals surface area contributed by atoms with Crippen LogP contribution in [0.1, 0.15) is 5.56 Å². The smallest absolute Gasteiger partial charge is 0.261 e. The summed E-state index contributed by atoms with van der Waals surface area (Å²) in [5, 5.41) is 3.75. The van der Waals surface area contributed by atoms with Crippen LogP contribution in [0.3, 0.4) is 0 Å². The Labute approximate surface area is 160 Å². The zero-order chi connectivity index (χ0) is 19.4. The van der Waals surface area contributed by atoms with Gasteiger partial charge in [0.15, 0.2) is 11.5 Å². The number of nitrogens with zero attached hydrogens (tertiary/aromatic N) is 2. The van der Waals surface area contributed by atoms with E-state index < -0.39 is 0 Å². The summed E-state index contributed by atoms with van der Waals surface area (Å²) < 4.78 is 11.7. The molecule has 7 nitrogen and oxygen atoms in total. The van der Waals surface area contributed by atoms with Gasteiger partial charge in [0, 0.05) is 17.6 Å². The van der Waals surface area contributed by atoms with Crippen LogP contribution in [-0.4, -0.2) is 29.7 Å². The molecule has 27 heavy (non-hydrogen) atoms. The van der Waals surface area contributed by atoms with E-state index in [4.69, 9.17) is 21.1 Å². The van der Waals surface area contributed by atoms with Gasteiger partial charge in [-0.05, 0) is 23.8 Å². The summed E-state index contributed by atoms with van der Waals surface area (Å²) in [7, 11) is 3.00. The van der Waals surface area contributed by atoms with Crippen molar-refractivity contribution in [2.75, 3.05) is 14.2 Å². The molecule has 0 saturated heterocycles. The van der Waals surface area contributed by atoms with Crippen molar-refractivity contribution in [1.82, 2.24) is 14.9 Å². The van der Waals surface area contributed by atoms with Crippen LogP contribution in [0, 0.1) is 0 Å². The van der Waals surface area contributed by atoms with E-state index in [2.05, 4.69) is 10.3 Å². The quantitative estimate of drug-likeness (QED) is 0.702. The molecule has 0 saturated carbocycles. The number of aromatic nitrogens is 2. The van der Waals surface area contributed by atoms with Gasteiger partial charge in [0.1, 0.15) is 6.54 Å². The van der Waals surface area contributed by atoms with E-state index in [1.165, 1.54) is 25.1 Å². The molecule has 0 fully saturated rings. The number of halogens is 1. The zero-order valence-corrected chi connectivity index (χ0v) is 15.6. The zero-order valence-electron chi connectivity index (χ0n) is 14.9. The normalized spacial score (nSPS) is 10.6. The fourth-order valence-corrected chi connectivity index (χ4v) is 2.74. The third-order valence-electron chi connectivity index (χ3n) is 4.05. The Balaban J connectivity index is 1.78. The van der Waals surface area contributed by atoms with Gasteiger partial charge in [-0.25, -0.2) is 4.98 Å². The summed E-state index contributed by atoms with van der Waals surface area (Å²) in [6.07, 6.45) is 1.35. The first kappa shape index (κ1) is 18.7. The second kappa shape index (κ2) is 8.09. The lowest BCUT2D eigenvalue weighted by molar-refractivity contribution is -0.121. The van der Waals surface area contributed by atoms with Crippen LogP contribution in [0.25, 0.3) is 10.9 Å². The van der Waals surface area contributed by atoms with Crippen LogP contribution in [0.2, 0.25) is 5.02 Å². The first-order chi connectivity index (χ1) is 13.0. The predicted molar refractivity (Wildman–Crippen MR) is 102 cm³/mol. The van der Waals surface area contributed by atoms with Crippen molar-refractivity contribution in [2.24, 2.45) is 0 Å². The van der Waals surface area contributed by atoms with Gasteiger partial charge < -0.3 is 14.8 Å². The van der Waals surface area contributed by atoms with Gasteiger partial charge >= 0.3 is 0 Å². The van der Waals surface area contributed by atoms with Gasteiger partial charge in [-0.2, -0.15) is 0 Å². The van der Waals surface area contributed by atoms with E-state index in [-0.39, 0.29) is 18.0 Å². The molecule has 1 heterocycles. The molecule has 0 aliphatic rings. The van der Waals surface area contributed by atoms with E-state index in [0.717, 1.165) is 5.56 Å². The molecular weight excluding hydrogens is 370 g/mol. The molecule has 0 spiro atoms. The highest BCUT2D eigenvalue weighted by atomic mass is 35.5. The maximum atomic E-state index is 12.7. The monoisotopic (exact) mass is 387 g/mol. The van der Waals surface area contributed by atoms with Gasteiger partial charge in [0.2, 0.25) is 5.91 Å². The molecule has 0 unspecified atom stereocenters. The topological polar surface area (TPSA) is 82.5 Å². The number of carbonyl (C=O) groups excluding carboxylic acids is 1. The highest BCUT2D eigenvalue weighted by Crippen LogP contribution is 2.29. The number of hydrogen-bond acceptors (Lipinski definition) is 5. The highest BCUT2D eigenvalue weighted by molar-refractivity contribution is 6.30. The van der Waals surface area contributed by atoms with E-state index >= 15 is 0 Å². The Morgan fingerprint density at radius 1 is 1.15 bits per heavy atom. The minimum atomic E-state index is -0.331.